The Kier molecular flexibility index (Phi) is 20.5. The Labute approximate surface area is 391 Å². The summed E-state index contributed by atoms with van der Waals surface area (Å²) in [7, 11) is -11.0. The number of anilines is 1. The van der Waals surface area contributed by atoms with Crippen LogP contribution in [0.4, 0.5) is 10.5 Å². The molecule has 0 aliphatic heterocycles. The summed E-state index contributed by atoms with van der Waals surface area (Å²) in [6.45, 7) is 6.78. The number of aliphatic hydroxyl groups excluding tert-OH is 2. The van der Waals surface area contributed by atoms with E-state index < -0.39 is 84.5 Å². The first-order valence-corrected chi connectivity index (χ1v) is 25.4. The number of rotatable bonds is 23. The van der Waals surface area contributed by atoms with Gasteiger partial charge in [-0.25, -0.2) is 30.0 Å². The minimum atomic E-state index is -4.37. The van der Waals surface area contributed by atoms with Crippen molar-refractivity contribution in [2.45, 2.75) is 86.6 Å². The van der Waals surface area contributed by atoms with Gasteiger partial charge >= 0.3 is 18.0 Å². The van der Waals surface area contributed by atoms with Gasteiger partial charge in [-0.1, -0.05) is 55.8 Å². The molecular formula is C44H58N4O16S3. The van der Waals surface area contributed by atoms with E-state index >= 15 is 0 Å². The molecule has 0 aliphatic rings. The second-order valence-electron chi connectivity index (χ2n) is 15.8. The maximum Gasteiger partial charge on any atom is 0.407 e. The molecule has 0 unspecified atom stereocenters. The molecule has 0 fully saturated rings. The van der Waals surface area contributed by atoms with Gasteiger partial charge in [0, 0.05) is 6.54 Å². The first kappa shape index (κ1) is 55.5. The number of carboxylic acids is 2. The fourth-order valence-corrected chi connectivity index (χ4v) is 9.20. The van der Waals surface area contributed by atoms with Crippen molar-refractivity contribution in [1.82, 2.24) is 14.8 Å². The van der Waals surface area contributed by atoms with E-state index in [9.17, 15) is 60.1 Å². The monoisotopic (exact) mass is 994 g/mol. The van der Waals surface area contributed by atoms with E-state index in [1.165, 1.54) is 48.5 Å². The van der Waals surface area contributed by atoms with Crippen molar-refractivity contribution in [3.63, 3.8) is 0 Å². The van der Waals surface area contributed by atoms with E-state index in [-0.39, 0.29) is 28.4 Å². The number of methoxy groups -OCH3 is 1. The molecule has 4 atom stereocenters. The van der Waals surface area contributed by atoms with Gasteiger partial charge in [0.25, 0.3) is 0 Å². The van der Waals surface area contributed by atoms with E-state index in [0.29, 0.717) is 18.1 Å². The van der Waals surface area contributed by atoms with Crippen molar-refractivity contribution in [2.24, 2.45) is 0 Å². The van der Waals surface area contributed by atoms with E-state index in [0.717, 1.165) is 34.5 Å². The highest BCUT2D eigenvalue weighted by Crippen LogP contribution is 2.25. The van der Waals surface area contributed by atoms with Crippen molar-refractivity contribution >= 4 is 53.8 Å². The second-order valence-corrected chi connectivity index (χ2v) is 21.1. The molecular weight excluding hydrogens is 937 g/mol. The third-order valence-corrected chi connectivity index (χ3v) is 13.3. The van der Waals surface area contributed by atoms with Crippen LogP contribution in [0, 0.1) is 0 Å². The largest absolute Gasteiger partial charge is 0.497 e. The molecule has 0 aromatic heterocycles. The summed E-state index contributed by atoms with van der Waals surface area (Å²) < 4.78 is 95.9. The number of nitrogens with zero attached hydrogens (tertiary/aromatic N) is 1. The minimum absolute atomic E-state index is 0.106. The number of aliphatic carboxylic acids is 2. The zero-order valence-corrected chi connectivity index (χ0v) is 40.2. The smallest absolute Gasteiger partial charge is 0.407 e. The number of carbonyl (C=O) groups is 3. The summed E-state index contributed by atoms with van der Waals surface area (Å²) in [5.41, 5.74) is 1.02. The predicted octanol–water partition coefficient (Wildman–Crippen LogP) is 3.79. The van der Waals surface area contributed by atoms with Gasteiger partial charge in [-0.05, 0) is 105 Å². The summed E-state index contributed by atoms with van der Waals surface area (Å²) in [6, 6.07) is 22.3. The van der Waals surface area contributed by atoms with Crippen LogP contribution in [0.25, 0.3) is 11.1 Å². The van der Waals surface area contributed by atoms with Gasteiger partial charge in [-0.15, -0.1) is 0 Å². The fraction of sp³-hybridized carbons (Fsp3) is 0.386. The van der Waals surface area contributed by atoms with Crippen molar-refractivity contribution < 1.29 is 74.3 Å². The van der Waals surface area contributed by atoms with Crippen LogP contribution in [-0.2, 0) is 44.4 Å². The van der Waals surface area contributed by atoms with Crippen molar-refractivity contribution in [3.05, 3.63) is 103 Å². The van der Waals surface area contributed by atoms with Crippen LogP contribution in [0.2, 0.25) is 0 Å². The maximum absolute atomic E-state index is 12.9. The van der Waals surface area contributed by atoms with Gasteiger partial charge in [0.15, 0.2) is 0 Å². The van der Waals surface area contributed by atoms with Gasteiger partial charge in [0.1, 0.15) is 29.2 Å². The molecule has 0 saturated heterocycles. The molecule has 4 aromatic rings. The Hall–Kier alpha value is -5.82. The Bertz CT molecular complexity index is 2560. The standard InChI is InChI=1S/C24H26N2O8S2.C20H32N2O8S/c1-34-20-12-8-17(9-13-20)18-10-14-21(15-11-18)36(32,33)25-23(24(28)29)22(27)16-26(35(2,30)31)19-6-4-3-5-7-19;1-5-6-13-29-14-7-9-15(10-8-14)31(27,28)22-17(18(24)25)16(23)11-12-21-19(26)30-20(2,3)4/h3-15,22-23,25,27H,16H2,1-2H3,(H,28,29);7-10,16-17,22-23H,5-6,11-13H2,1-4H3,(H,21,26)(H,24,25)/t22-,23-;16-,17-/m11/s1. The van der Waals surface area contributed by atoms with Crippen molar-refractivity contribution in [1.29, 1.82) is 0 Å². The average molecular weight is 995 g/mol. The molecule has 4 rings (SSSR count). The average Bonchev–Trinajstić information content (AvgIpc) is 3.26. The number of para-hydroxylation sites is 1. The van der Waals surface area contributed by atoms with E-state index in [1.54, 1.807) is 82.5 Å². The number of carbonyl (C=O) groups excluding carboxylic acids is 1. The third-order valence-electron chi connectivity index (χ3n) is 9.26. The lowest BCUT2D eigenvalue weighted by atomic mass is 10.1. The summed E-state index contributed by atoms with van der Waals surface area (Å²) in [5.74, 6) is -2.05. The normalized spacial score (nSPS) is 13.7. The first-order chi connectivity index (χ1) is 31.3. The number of nitrogens with one attached hydrogen (secondary N) is 3. The van der Waals surface area contributed by atoms with Gasteiger partial charge < -0.3 is 40.0 Å². The number of sulfonamides is 3. The lowest BCUT2D eigenvalue weighted by molar-refractivity contribution is -0.142. The number of alkyl carbamates (subject to hydrolysis) is 1. The van der Waals surface area contributed by atoms with Crippen LogP contribution in [0.15, 0.2) is 113 Å². The van der Waals surface area contributed by atoms with Crippen LogP contribution in [0.5, 0.6) is 11.5 Å². The fourth-order valence-electron chi connectivity index (χ4n) is 5.82. The molecule has 67 heavy (non-hydrogen) atoms. The van der Waals surface area contributed by atoms with E-state index in [2.05, 4.69) is 5.32 Å². The molecule has 20 nitrogen and oxygen atoms in total. The topological polar surface area (TPSA) is 302 Å². The minimum Gasteiger partial charge on any atom is -0.497 e. The summed E-state index contributed by atoms with van der Waals surface area (Å²) in [5, 5.41) is 42.1. The molecule has 0 radical (unpaired) electrons. The lowest BCUT2D eigenvalue weighted by Crippen LogP contribution is -2.53. The first-order valence-electron chi connectivity index (χ1n) is 20.6. The van der Waals surface area contributed by atoms with Crippen LogP contribution >= 0.6 is 0 Å². The molecule has 23 heteroatoms. The quantitative estimate of drug-likeness (QED) is 0.0520. The number of carboxylic acid groups (broad SMARTS) is 2. The Balaban J connectivity index is 0.000000360. The van der Waals surface area contributed by atoms with Crippen LogP contribution in [-0.4, -0.2) is 127 Å². The van der Waals surface area contributed by atoms with Crippen molar-refractivity contribution in [3.8, 4) is 22.6 Å². The van der Waals surface area contributed by atoms with Crippen LogP contribution in [0.3, 0.4) is 0 Å². The number of hydrogen-bond donors (Lipinski definition) is 7. The maximum atomic E-state index is 12.9. The number of hydrogen-bond acceptors (Lipinski definition) is 14. The van der Waals surface area contributed by atoms with Crippen LogP contribution < -0.4 is 28.5 Å². The van der Waals surface area contributed by atoms with Gasteiger partial charge in [-0.2, -0.15) is 9.44 Å². The number of benzene rings is 4. The molecule has 0 bridgehead atoms. The number of amides is 1. The van der Waals surface area contributed by atoms with E-state index in [4.69, 9.17) is 14.2 Å². The number of unbranched alkanes of at least 4 members (excludes halogenated alkanes) is 1. The van der Waals surface area contributed by atoms with Crippen molar-refractivity contribution in [2.75, 3.05) is 37.4 Å². The van der Waals surface area contributed by atoms with E-state index in [1.807, 2.05) is 16.4 Å². The number of aliphatic hydroxyl groups is 2. The highest BCUT2D eigenvalue weighted by atomic mass is 32.2. The molecule has 0 saturated carbocycles. The molecule has 1 amide bonds. The molecule has 0 aliphatic carbocycles. The van der Waals surface area contributed by atoms with Gasteiger partial charge in [0.2, 0.25) is 30.1 Å². The zero-order chi connectivity index (χ0) is 50.2. The van der Waals surface area contributed by atoms with Gasteiger partial charge in [-0.3, -0.25) is 13.9 Å². The molecule has 0 spiro atoms. The third kappa shape index (κ3) is 18.1. The Morgan fingerprint density at radius 1 is 0.687 bits per heavy atom. The molecule has 0 heterocycles. The second kappa shape index (κ2) is 24.8. The highest BCUT2D eigenvalue weighted by molar-refractivity contribution is 7.92. The Morgan fingerprint density at radius 2 is 1.15 bits per heavy atom. The van der Waals surface area contributed by atoms with Gasteiger partial charge in [0.05, 0.1) is 54.2 Å². The lowest BCUT2D eigenvalue weighted by Gasteiger charge is -2.28. The predicted molar refractivity (Wildman–Crippen MR) is 248 cm³/mol. The summed E-state index contributed by atoms with van der Waals surface area (Å²) in [4.78, 5) is 34.6. The molecule has 7 N–H and O–H groups in total. The van der Waals surface area contributed by atoms with Crippen LogP contribution in [0.1, 0.15) is 47.0 Å². The zero-order valence-electron chi connectivity index (χ0n) is 37.7. The molecule has 368 valence electrons. The molecule has 4 aromatic carbocycles. The SMILES string of the molecule is CCCCOc1ccc(S(=O)(=O)N[C@@H](C(=O)O)[C@H](O)CCNC(=O)OC(C)(C)C)cc1.COc1ccc(-c2ccc(S(=O)(=O)N[C@@H](C(=O)O)[C@H](O)CN(c3ccccc3)S(C)(=O)=O)cc2)cc1. The highest BCUT2D eigenvalue weighted by Gasteiger charge is 2.35. The summed E-state index contributed by atoms with van der Waals surface area (Å²) >= 11 is 0. The Morgan fingerprint density at radius 3 is 1.60 bits per heavy atom. The number of ether oxygens (including phenoxy) is 3. The summed E-state index contributed by atoms with van der Waals surface area (Å²) in [6.07, 6.45) is -1.69.